The van der Waals surface area contributed by atoms with E-state index in [1.54, 1.807) is 18.5 Å². The molecule has 2 heterocycles. The van der Waals surface area contributed by atoms with Crippen LogP contribution in [-0.2, 0) is 6.54 Å². The molecule has 1 saturated heterocycles. The zero-order chi connectivity index (χ0) is 23.2. The Hall–Kier alpha value is -3.73. The molecule has 1 fully saturated rings. The average Bonchev–Trinajstić information content (AvgIpc) is 2.82. The van der Waals surface area contributed by atoms with Gasteiger partial charge in [-0.1, -0.05) is 30.0 Å². The van der Waals surface area contributed by atoms with E-state index in [9.17, 15) is 4.79 Å². The van der Waals surface area contributed by atoms with Gasteiger partial charge in [0.1, 0.15) is 0 Å². The van der Waals surface area contributed by atoms with Crippen LogP contribution in [-0.4, -0.2) is 58.9 Å². The maximum absolute atomic E-state index is 12.8. The van der Waals surface area contributed by atoms with Gasteiger partial charge < -0.3 is 16.0 Å². The smallest absolute Gasteiger partial charge is 0.255 e. The molecule has 33 heavy (non-hydrogen) atoms. The molecular formula is C26H28N6O. The Morgan fingerprint density at radius 1 is 1.03 bits per heavy atom. The second-order valence-corrected chi connectivity index (χ2v) is 8.34. The number of aryl methyl sites for hydroxylation is 1. The van der Waals surface area contributed by atoms with Crippen molar-refractivity contribution >= 4 is 17.5 Å². The minimum Gasteiger partial charge on any atom is -0.368 e. The third-order valence-electron chi connectivity index (χ3n) is 5.73. The number of likely N-dealkylation sites (N-methyl/N-ethyl adjacent to an activating group) is 1. The Labute approximate surface area is 194 Å². The van der Waals surface area contributed by atoms with Crippen molar-refractivity contribution in [1.82, 2.24) is 19.8 Å². The molecule has 3 N–H and O–H groups in total. The number of hydrogen-bond donors (Lipinski definition) is 2. The lowest BCUT2D eigenvalue weighted by Crippen LogP contribution is -2.43. The molecule has 0 atom stereocenters. The van der Waals surface area contributed by atoms with Gasteiger partial charge in [0.2, 0.25) is 5.95 Å². The number of anilines is 2. The van der Waals surface area contributed by atoms with Crippen molar-refractivity contribution in [2.24, 2.45) is 0 Å². The van der Waals surface area contributed by atoms with Crippen molar-refractivity contribution in [3.8, 4) is 11.8 Å². The SMILES string of the molecule is Cc1ccc(C(=O)Nc2ccc(CN3CCN(C)CC3)cc2)cc1C#Cc1cnc(N)nc1. The van der Waals surface area contributed by atoms with Gasteiger partial charge in [-0.3, -0.25) is 9.69 Å². The molecule has 7 nitrogen and oxygen atoms in total. The van der Waals surface area contributed by atoms with Gasteiger partial charge in [0.15, 0.2) is 0 Å². The first kappa shape index (κ1) is 22.5. The molecular weight excluding hydrogens is 412 g/mol. The maximum atomic E-state index is 12.8. The van der Waals surface area contributed by atoms with E-state index in [1.165, 1.54) is 5.56 Å². The summed E-state index contributed by atoms with van der Waals surface area (Å²) in [4.78, 5) is 25.5. The van der Waals surface area contributed by atoms with Crippen molar-refractivity contribution in [3.63, 3.8) is 0 Å². The third-order valence-corrected chi connectivity index (χ3v) is 5.73. The Balaban J connectivity index is 1.40. The van der Waals surface area contributed by atoms with Gasteiger partial charge >= 0.3 is 0 Å². The number of nitrogens with two attached hydrogens (primary N) is 1. The summed E-state index contributed by atoms with van der Waals surface area (Å²) in [7, 11) is 2.16. The van der Waals surface area contributed by atoms with E-state index in [0.717, 1.165) is 49.5 Å². The summed E-state index contributed by atoms with van der Waals surface area (Å²) in [5.41, 5.74) is 10.5. The Morgan fingerprint density at radius 3 is 2.42 bits per heavy atom. The first-order valence-corrected chi connectivity index (χ1v) is 11.0. The van der Waals surface area contributed by atoms with Crippen molar-refractivity contribution in [1.29, 1.82) is 0 Å². The molecule has 1 aliphatic heterocycles. The second-order valence-electron chi connectivity index (χ2n) is 8.34. The monoisotopic (exact) mass is 440 g/mol. The first-order valence-electron chi connectivity index (χ1n) is 11.0. The van der Waals surface area contributed by atoms with Crippen LogP contribution in [0.2, 0.25) is 0 Å². The standard InChI is InChI=1S/C26H28N6O/c1-19-3-7-23(15-22(19)8-4-21-16-28-26(27)29-17-21)25(33)30-24-9-5-20(6-10-24)18-32-13-11-31(2)12-14-32/h3,5-7,9-10,15-17H,11-14,18H2,1-2H3,(H,30,33)(H2,27,28,29). The van der Waals surface area contributed by atoms with Gasteiger partial charge in [-0.05, 0) is 49.4 Å². The van der Waals surface area contributed by atoms with Gasteiger partial charge in [0.25, 0.3) is 5.91 Å². The lowest BCUT2D eigenvalue weighted by Gasteiger charge is -2.32. The van der Waals surface area contributed by atoms with E-state index in [0.29, 0.717) is 11.1 Å². The zero-order valence-electron chi connectivity index (χ0n) is 19.0. The predicted molar refractivity (Wildman–Crippen MR) is 131 cm³/mol. The highest BCUT2D eigenvalue weighted by Gasteiger charge is 2.14. The van der Waals surface area contributed by atoms with Gasteiger partial charge in [0.05, 0.1) is 5.56 Å². The normalized spacial score (nSPS) is 14.4. The average molecular weight is 441 g/mol. The molecule has 168 valence electrons. The molecule has 0 bridgehead atoms. The fourth-order valence-electron chi connectivity index (χ4n) is 3.60. The Morgan fingerprint density at radius 2 is 1.73 bits per heavy atom. The number of nitrogen functional groups attached to an aromatic ring is 1. The number of rotatable bonds is 4. The number of hydrogen-bond acceptors (Lipinski definition) is 6. The van der Waals surface area contributed by atoms with Gasteiger partial charge in [0, 0.05) is 61.9 Å². The number of carbonyl (C=O) groups excluding carboxylic acids is 1. The molecule has 2 aromatic carbocycles. The summed E-state index contributed by atoms with van der Waals surface area (Å²) in [6.07, 6.45) is 3.16. The zero-order valence-corrected chi connectivity index (χ0v) is 19.0. The first-order chi connectivity index (χ1) is 16.0. The van der Waals surface area contributed by atoms with Crippen LogP contribution in [0.4, 0.5) is 11.6 Å². The van der Waals surface area contributed by atoms with Gasteiger partial charge in [-0.25, -0.2) is 9.97 Å². The molecule has 0 saturated carbocycles. The number of piperazine rings is 1. The van der Waals surface area contributed by atoms with E-state index in [1.807, 2.05) is 31.2 Å². The maximum Gasteiger partial charge on any atom is 0.255 e. The van der Waals surface area contributed by atoms with E-state index >= 15 is 0 Å². The Kier molecular flexibility index (Phi) is 6.98. The number of nitrogens with one attached hydrogen (secondary N) is 1. The summed E-state index contributed by atoms with van der Waals surface area (Å²) >= 11 is 0. The van der Waals surface area contributed by atoms with Gasteiger partial charge in [-0.2, -0.15) is 0 Å². The van der Waals surface area contributed by atoms with Crippen LogP contribution in [0.1, 0.15) is 32.6 Å². The predicted octanol–water partition coefficient (Wildman–Crippen LogP) is 2.77. The topological polar surface area (TPSA) is 87.4 Å². The van der Waals surface area contributed by atoms with E-state index in [-0.39, 0.29) is 11.9 Å². The highest BCUT2D eigenvalue weighted by atomic mass is 16.1. The van der Waals surface area contributed by atoms with Crippen LogP contribution in [0.3, 0.4) is 0 Å². The fraction of sp³-hybridized carbons (Fsp3) is 0.269. The minimum atomic E-state index is -0.166. The van der Waals surface area contributed by atoms with Crippen molar-refractivity contribution in [2.75, 3.05) is 44.3 Å². The Bertz CT molecular complexity index is 1170. The van der Waals surface area contributed by atoms with Crippen LogP contribution in [0.5, 0.6) is 0 Å². The molecule has 4 rings (SSSR count). The highest BCUT2D eigenvalue weighted by Crippen LogP contribution is 2.16. The molecule has 1 amide bonds. The number of amides is 1. The minimum absolute atomic E-state index is 0.166. The molecule has 0 spiro atoms. The summed E-state index contributed by atoms with van der Waals surface area (Å²) in [5.74, 6) is 6.16. The molecule has 7 heteroatoms. The molecule has 0 unspecified atom stereocenters. The molecule has 3 aromatic rings. The van der Waals surface area contributed by atoms with Crippen LogP contribution in [0.15, 0.2) is 54.9 Å². The van der Waals surface area contributed by atoms with Crippen LogP contribution < -0.4 is 11.1 Å². The van der Waals surface area contributed by atoms with Crippen molar-refractivity contribution < 1.29 is 4.79 Å². The van der Waals surface area contributed by atoms with Gasteiger partial charge in [-0.15, -0.1) is 0 Å². The molecule has 1 aliphatic rings. The lowest BCUT2D eigenvalue weighted by molar-refractivity contribution is 0.102. The third kappa shape index (κ3) is 6.16. The fourth-order valence-corrected chi connectivity index (χ4v) is 3.60. The number of carbonyl (C=O) groups is 1. The van der Waals surface area contributed by atoms with Crippen molar-refractivity contribution in [2.45, 2.75) is 13.5 Å². The number of nitrogens with zero attached hydrogens (tertiary/aromatic N) is 4. The van der Waals surface area contributed by atoms with Crippen LogP contribution in [0, 0.1) is 18.8 Å². The summed E-state index contributed by atoms with van der Waals surface area (Å²) in [5, 5.41) is 2.98. The molecule has 0 radical (unpaired) electrons. The van der Waals surface area contributed by atoms with Crippen molar-refractivity contribution in [3.05, 3.63) is 82.7 Å². The highest BCUT2D eigenvalue weighted by molar-refractivity contribution is 6.04. The summed E-state index contributed by atoms with van der Waals surface area (Å²) in [6, 6.07) is 13.6. The van der Waals surface area contributed by atoms with E-state index in [4.69, 9.17) is 5.73 Å². The second kappa shape index (κ2) is 10.3. The van der Waals surface area contributed by atoms with E-state index in [2.05, 4.69) is 56.1 Å². The number of aromatic nitrogens is 2. The number of benzene rings is 2. The summed E-state index contributed by atoms with van der Waals surface area (Å²) in [6.45, 7) is 7.26. The lowest BCUT2D eigenvalue weighted by atomic mass is 10.0. The van der Waals surface area contributed by atoms with Crippen LogP contribution >= 0.6 is 0 Å². The molecule has 1 aromatic heterocycles. The summed E-state index contributed by atoms with van der Waals surface area (Å²) < 4.78 is 0. The van der Waals surface area contributed by atoms with E-state index < -0.39 is 0 Å². The molecule has 0 aliphatic carbocycles. The quantitative estimate of drug-likeness (QED) is 0.607. The largest absolute Gasteiger partial charge is 0.368 e. The van der Waals surface area contributed by atoms with Crippen LogP contribution in [0.25, 0.3) is 0 Å².